The molecule has 2 rings (SSSR count). The van der Waals surface area contributed by atoms with Gasteiger partial charge in [0.25, 0.3) is 0 Å². The van der Waals surface area contributed by atoms with Gasteiger partial charge in [-0.1, -0.05) is 33.6 Å². The minimum Gasteiger partial charge on any atom is -0.489 e. The number of nitrogens with two attached hydrogens (primary N) is 1. The van der Waals surface area contributed by atoms with Crippen molar-refractivity contribution < 1.29 is 9.13 Å². The Kier molecular flexibility index (Phi) is 4.09. The van der Waals surface area contributed by atoms with Gasteiger partial charge in [-0.05, 0) is 24.3 Å². The van der Waals surface area contributed by atoms with Crippen LogP contribution in [-0.4, -0.2) is 0 Å². The van der Waals surface area contributed by atoms with Crippen LogP contribution in [0.5, 0.6) is 5.75 Å². The van der Waals surface area contributed by atoms with E-state index in [1.807, 2.05) is 0 Å². The van der Waals surface area contributed by atoms with Crippen molar-refractivity contribution in [3.8, 4) is 5.75 Å². The number of rotatable bonds is 3. The van der Waals surface area contributed by atoms with Gasteiger partial charge in [0.05, 0.1) is 5.02 Å². The molecule has 0 atom stereocenters. The molecule has 0 saturated carbocycles. The Labute approximate surface area is 118 Å². The Hall–Kier alpha value is -1.26. The minimum absolute atomic E-state index is 0.0569. The van der Waals surface area contributed by atoms with E-state index in [0.29, 0.717) is 22.0 Å². The van der Waals surface area contributed by atoms with Gasteiger partial charge in [-0.2, -0.15) is 0 Å². The standard InChI is InChI=1S/C13H10BrClFNO/c14-8-4-9(17)6-10(5-8)18-7-11-12(15)2-1-3-13(11)16/h1-6H,7,17H2. The molecule has 18 heavy (non-hydrogen) atoms. The summed E-state index contributed by atoms with van der Waals surface area (Å²) in [6.45, 7) is 0.0569. The quantitative estimate of drug-likeness (QED) is 0.846. The van der Waals surface area contributed by atoms with Gasteiger partial charge in [0.15, 0.2) is 0 Å². The molecule has 2 N–H and O–H groups in total. The fraction of sp³-hybridized carbons (Fsp3) is 0.0769. The van der Waals surface area contributed by atoms with Gasteiger partial charge in [-0.15, -0.1) is 0 Å². The first kappa shape index (κ1) is 13.2. The van der Waals surface area contributed by atoms with Crippen LogP contribution in [0.3, 0.4) is 0 Å². The molecule has 2 aromatic rings. The van der Waals surface area contributed by atoms with Crippen LogP contribution in [0, 0.1) is 5.82 Å². The Morgan fingerprint density at radius 2 is 2.06 bits per heavy atom. The fourth-order valence-electron chi connectivity index (χ4n) is 1.49. The zero-order chi connectivity index (χ0) is 13.1. The summed E-state index contributed by atoms with van der Waals surface area (Å²) in [7, 11) is 0. The lowest BCUT2D eigenvalue weighted by Gasteiger charge is -2.09. The molecule has 0 fully saturated rings. The average Bonchev–Trinajstić information content (AvgIpc) is 2.27. The molecule has 0 bridgehead atoms. The van der Waals surface area contributed by atoms with Crippen molar-refractivity contribution in [2.24, 2.45) is 0 Å². The number of benzene rings is 2. The number of hydrogen-bond acceptors (Lipinski definition) is 2. The molecular weight excluding hydrogens is 321 g/mol. The van der Waals surface area contributed by atoms with Gasteiger partial charge in [0.1, 0.15) is 18.2 Å². The van der Waals surface area contributed by atoms with Crippen LogP contribution in [0.4, 0.5) is 10.1 Å². The third-order valence-corrected chi connectivity index (χ3v) is 3.15. The molecule has 0 aromatic heterocycles. The van der Waals surface area contributed by atoms with Crippen LogP contribution in [0.25, 0.3) is 0 Å². The van der Waals surface area contributed by atoms with Gasteiger partial charge in [-0.25, -0.2) is 4.39 Å². The molecule has 0 amide bonds. The molecule has 0 spiro atoms. The largest absolute Gasteiger partial charge is 0.489 e. The molecule has 2 nitrogen and oxygen atoms in total. The summed E-state index contributed by atoms with van der Waals surface area (Å²) in [4.78, 5) is 0. The predicted molar refractivity (Wildman–Crippen MR) is 74.3 cm³/mol. The number of ether oxygens (including phenoxy) is 1. The summed E-state index contributed by atoms with van der Waals surface area (Å²) in [5.74, 6) is 0.173. The first-order valence-electron chi connectivity index (χ1n) is 5.18. The smallest absolute Gasteiger partial charge is 0.131 e. The minimum atomic E-state index is -0.384. The van der Waals surface area contributed by atoms with E-state index >= 15 is 0 Å². The van der Waals surface area contributed by atoms with Crippen LogP contribution < -0.4 is 10.5 Å². The Bertz CT molecular complexity index is 536. The highest BCUT2D eigenvalue weighted by Crippen LogP contribution is 2.25. The third kappa shape index (κ3) is 3.15. The van der Waals surface area contributed by atoms with Crippen LogP contribution >= 0.6 is 27.5 Å². The molecule has 5 heteroatoms. The molecule has 0 heterocycles. The summed E-state index contributed by atoms with van der Waals surface area (Å²) in [6, 6.07) is 9.70. The van der Waals surface area contributed by atoms with Gasteiger partial charge >= 0.3 is 0 Å². The highest BCUT2D eigenvalue weighted by molar-refractivity contribution is 9.10. The summed E-state index contributed by atoms with van der Waals surface area (Å²) < 4.78 is 19.8. The van der Waals surface area contributed by atoms with Crippen LogP contribution in [0.1, 0.15) is 5.56 Å². The molecule has 0 radical (unpaired) electrons. The second-order valence-electron chi connectivity index (χ2n) is 3.71. The molecule has 0 aliphatic carbocycles. The second kappa shape index (κ2) is 5.59. The van der Waals surface area contributed by atoms with Crippen molar-refractivity contribution in [3.63, 3.8) is 0 Å². The summed E-state index contributed by atoms with van der Waals surface area (Å²) in [6.07, 6.45) is 0. The Morgan fingerprint density at radius 3 is 2.72 bits per heavy atom. The zero-order valence-corrected chi connectivity index (χ0v) is 11.6. The van der Waals surface area contributed by atoms with Crippen molar-refractivity contribution in [1.82, 2.24) is 0 Å². The summed E-state index contributed by atoms with van der Waals surface area (Å²) >= 11 is 9.21. The maximum atomic E-state index is 13.5. The van der Waals surface area contributed by atoms with Crippen LogP contribution in [-0.2, 0) is 6.61 Å². The first-order valence-corrected chi connectivity index (χ1v) is 6.35. The van der Waals surface area contributed by atoms with Gasteiger partial charge in [0.2, 0.25) is 0 Å². The van der Waals surface area contributed by atoms with E-state index in [1.54, 1.807) is 30.3 Å². The first-order chi connectivity index (χ1) is 8.56. The van der Waals surface area contributed by atoms with E-state index in [1.165, 1.54) is 6.07 Å². The van der Waals surface area contributed by atoms with Gasteiger partial charge < -0.3 is 10.5 Å². The van der Waals surface area contributed by atoms with E-state index in [4.69, 9.17) is 22.1 Å². The number of hydrogen-bond donors (Lipinski definition) is 1. The highest BCUT2D eigenvalue weighted by Gasteiger charge is 2.08. The lowest BCUT2D eigenvalue weighted by Crippen LogP contribution is -2.00. The topological polar surface area (TPSA) is 35.2 Å². The number of nitrogen functional groups attached to an aromatic ring is 1. The molecular formula is C13H10BrClFNO. The lowest BCUT2D eigenvalue weighted by molar-refractivity contribution is 0.300. The fourth-order valence-corrected chi connectivity index (χ4v) is 2.20. The number of anilines is 1. The monoisotopic (exact) mass is 329 g/mol. The summed E-state index contributed by atoms with van der Waals surface area (Å²) in [5, 5.41) is 0.345. The number of halogens is 3. The van der Waals surface area contributed by atoms with Gasteiger partial charge in [-0.3, -0.25) is 0 Å². The SMILES string of the molecule is Nc1cc(Br)cc(OCc2c(F)cccc2Cl)c1. The predicted octanol–water partition coefficient (Wildman–Crippen LogP) is 4.40. The van der Waals surface area contributed by atoms with Crippen molar-refractivity contribution in [2.45, 2.75) is 6.61 Å². The van der Waals surface area contributed by atoms with E-state index in [-0.39, 0.29) is 12.4 Å². The van der Waals surface area contributed by atoms with Crippen LogP contribution in [0.15, 0.2) is 40.9 Å². The Balaban J connectivity index is 2.16. The molecule has 0 saturated heterocycles. The maximum Gasteiger partial charge on any atom is 0.131 e. The normalized spacial score (nSPS) is 10.4. The van der Waals surface area contributed by atoms with Crippen molar-refractivity contribution >= 4 is 33.2 Å². The Morgan fingerprint density at radius 1 is 1.28 bits per heavy atom. The van der Waals surface area contributed by atoms with Gasteiger partial charge in [0, 0.05) is 21.8 Å². The van der Waals surface area contributed by atoms with Crippen molar-refractivity contribution in [2.75, 3.05) is 5.73 Å². The van der Waals surface area contributed by atoms with Crippen molar-refractivity contribution in [1.29, 1.82) is 0 Å². The second-order valence-corrected chi connectivity index (χ2v) is 5.03. The average molecular weight is 331 g/mol. The van der Waals surface area contributed by atoms with E-state index in [9.17, 15) is 4.39 Å². The zero-order valence-electron chi connectivity index (χ0n) is 9.29. The van der Waals surface area contributed by atoms with E-state index in [2.05, 4.69) is 15.9 Å². The molecule has 94 valence electrons. The lowest BCUT2D eigenvalue weighted by atomic mass is 10.2. The van der Waals surface area contributed by atoms with E-state index in [0.717, 1.165) is 4.47 Å². The summed E-state index contributed by atoms with van der Waals surface area (Å²) in [5.41, 5.74) is 6.58. The maximum absolute atomic E-state index is 13.5. The van der Waals surface area contributed by atoms with E-state index < -0.39 is 0 Å². The molecule has 0 aliphatic heterocycles. The third-order valence-electron chi connectivity index (χ3n) is 2.34. The molecule has 0 aliphatic rings. The van der Waals surface area contributed by atoms with Crippen LogP contribution in [0.2, 0.25) is 5.02 Å². The molecule has 2 aromatic carbocycles. The highest BCUT2D eigenvalue weighted by atomic mass is 79.9. The molecule has 0 unspecified atom stereocenters. The van der Waals surface area contributed by atoms with Crippen molar-refractivity contribution in [3.05, 3.63) is 57.3 Å².